The molecule has 0 spiro atoms. The molecule has 0 aliphatic carbocycles. The molecular formula is C22H16Cl2N4O2S. The van der Waals surface area contributed by atoms with Crippen LogP contribution in [0.4, 0.5) is 5.69 Å². The van der Waals surface area contributed by atoms with Crippen molar-refractivity contribution in [2.45, 2.75) is 11.7 Å². The van der Waals surface area contributed by atoms with E-state index in [0.717, 1.165) is 5.56 Å². The normalized spacial score (nSPS) is 10.9. The number of rotatable bonds is 6. The van der Waals surface area contributed by atoms with Gasteiger partial charge in [-0.05, 0) is 35.9 Å². The fourth-order valence-electron chi connectivity index (χ4n) is 2.99. The van der Waals surface area contributed by atoms with Crippen molar-refractivity contribution in [3.05, 3.63) is 93.0 Å². The number of carbonyl (C=O) groups excluding carboxylic acids is 1. The van der Waals surface area contributed by atoms with E-state index in [9.17, 15) is 9.59 Å². The predicted molar refractivity (Wildman–Crippen MR) is 125 cm³/mol. The Morgan fingerprint density at radius 1 is 1.06 bits per heavy atom. The first kappa shape index (κ1) is 21.4. The lowest BCUT2D eigenvalue weighted by Crippen LogP contribution is -2.25. The molecule has 9 heteroatoms. The van der Waals surface area contributed by atoms with Crippen LogP contribution in [0.2, 0.25) is 10.2 Å². The first-order valence-corrected chi connectivity index (χ1v) is 11.0. The Morgan fingerprint density at radius 3 is 2.65 bits per heavy atom. The monoisotopic (exact) mass is 470 g/mol. The maximum absolute atomic E-state index is 13.2. The van der Waals surface area contributed by atoms with E-state index in [1.807, 2.05) is 30.3 Å². The molecular weight excluding hydrogens is 455 g/mol. The molecule has 2 heterocycles. The van der Waals surface area contributed by atoms with Gasteiger partial charge in [-0.2, -0.15) is 0 Å². The molecule has 0 saturated heterocycles. The number of thioether (sulfide) groups is 1. The van der Waals surface area contributed by atoms with E-state index in [1.165, 1.54) is 11.8 Å². The van der Waals surface area contributed by atoms with Crippen LogP contribution in [-0.4, -0.2) is 26.2 Å². The van der Waals surface area contributed by atoms with Crippen molar-refractivity contribution in [3.63, 3.8) is 0 Å². The number of benzene rings is 2. The zero-order chi connectivity index (χ0) is 21.8. The number of halogens is 2. The highest BCUT2D eigenvalue weighted by Crippen LogP contribution is 2.22. The van der Waals surface area contributed by atoms with Gasteiger partial charge < -0.3 is 5.32 Å². The second-order valence-corrected chi connectivity index (χ2v) is 8.35. The minimum atomic E-state index is -0.286. The van der Waals surface area contributed by atoms with E-state index in [4.69, 9.17) is 23.2 Å². The Kier molecular flexibility index (Phi) is 6.56. The summed E-state index contributed by atoms with van der Waals surface area (Å²) in [6.45, 7) is 0.337. The summed E-state index contributed by atoms with van der Waals surface area (Å²) in [4.78, 5) is 34.2. The van der Waals surface area contributed by atoms with Crippen molar-refractivity contribution in [3.8, 4) is 0 Å². The van der Waals surface area contributed by atoms with Crippen LogP contribution in [0, 0.1) is 0 Å². The van der Waals surface area contributed by atoms with Gasteiger partial charge in [0.25, 0.3) is 5.56 Å². The van der Waals surface area contributed by atoms with Gasteiger partial charge in [-0.25, -0.2) is 9.97 Å². The van der Waals surface area contributed by atoms with Gasteiger partial charge in [0, 0.05) is 11.2 Å². The third-order valence-electron chi connectivity index (χ3n) is 4.43. The molecule has 0 fully saturated rings. The minimum absolute atomic E-state index is 0.0402. The number of anilines is 1. The molecule has 1 amide bonds. The average molecular weight is 471 g/mol. The second-order valence-electron chi connectivity index (χ2n) is 6.61. The molecule has 156 valence electrons. The van der Waals surface area contributed by atoms with Crippen LogP contribution in [0.3, 0.4) is 0 Å². The van der Waals surface area contributed by atoms with Crippen molar-refractivity contribution in [1.29, 1.82) is 0 Å². The van der Waals surface area contributed by atoms with Crippen LogP contribution in [0.5, 0.6) is 0 Å². The summed E-state index contributed by atoms with van der Waals surface area (Å²) >= 11 is 13.3. The largest absolute Gasteiger partial charge is 0.323 e. The standard InChI is InChI=1S/C22H16Cl2N4O2S/c23-15-8-9-16-18(11-15)27-22(28(21(16)30)12-14-5-2-1-3-6-14)31-13-19(29)26-17-7-4-10-25-20(17)24/h1-11H,12-13H2,(H,26,29). The molecule has 1 N–H and O–H groups in total. The summed E-state index contributed by atoms with van der Waals surface area (Å²) in [5.41, 5.74) is 1.67. The molecule has 2 aromatic heterocycles. The third kappa shape index (κ3) is 5.07. The van der Waals surface area contributed by atoms with E-state index < -0.39 is 0 Å². The molecule has 0 radical (unpaired) electrons. The van der Waals surface area contributed by atoms with E-state index in [0.29, 0.717) is 33.3 Å². The van der Waals surface area contributed by atoms with Gasteiger partial charge in [-0.3, -0.25) is 14.2 Å². The molecule has 4 rings (SSSR count). The summed E-state index contributed by atoms with van der Waals surface area (Å²) in [6.07, 6.45) is 1.54. The molecule has 0 atom stereocenters. The van der Waals surface area contributed by atoms with Gasteiger partial charge in [0.05, 0.1) is 28.9 Å². The molecule has 31 heavy (non-hydrogen) atoms. The number of nitrogens with one attached hydrogen (secondary N) is 1. The first-order valence-electron chi connectivity index (χ1n) is 9.28. The smallest absolute Gasteiger partial charge is 0.262 e. The molecule has 0 bridgehead atoms. The van der Waals surface area contributed by atoms with Crippen LogP contribution in [-0.2, 0) is 11.3 Å². The van der Waals surface area contributed by atoms with Gasteiger partial charge in [-0.1, -0.05) is 65.3 Å². The molecule has 6 nitrogen and oxygen atoms in total. The Morgan fingerprint density at radius 2 is 1.87 bits per heavy atom. The fraction of sp³-hybridized carbons (Fsp3) is 0.0909. The van der Waals surface area contributed by atoms with E-state index in [1.54, 1.807) is 41.1 Å². The van der Waals surface area contributed by atoms with Crippen molar-refractivity contribution in [2.75, 3.05) is 11.1 Å². The van der Waals surface area contributed by atoms with Crippen LogP contribution in [0.1, 0.15) is 5.56 Å². The molecule has 0 unspecified atom stereocenters. The van der Waals surface area contributed by atoms with Crippen molar-refractivity contribution in [1.82, 2.24) is 14.5 Å². The number of hydrogen-bond donors (Lipinski definition) is 1. The Hall–Kier alpha value is -2.87. The summed E-state index contributed by atoms with van der Waals surface area (Å²) < 4.78 is 1.57. The summed E-state index contributed by atoms with van der Waals surface area (Å²) in [5, 5.41) is 4.31. The Labute approximate surface area is 192 Å². The second kappa shape index (κ2) is 9.51. The maximum atomic E-state index is 13.2. The summed E-state index contributed by atoms with van der Waals surface area (Å²) in [5.74, 6) is -0.245. The Balaban J connectivity index is 1.64. The molecule has 4 aromatic rings. The lowest BCUT2D eigenvalue weighted by atomic mass is 10.2. The molecule has 2 aromatic carbocycles. The predicted octanol–water partition coefficient (Wildman–Crippen LogP) is 4.88. The zero-order valence-electron chi connectivity index (χ0n) is 16.1. The van der Waals surface area contributed by atoms with Crippen molar-refractivity contribution < 1.29 is 4.79 Å². The van der Waals surface area contributed by atoms with Gasteiger partial charge in [-0.15, -0.1) is 0 Å². The number of fused-ring (bicyclic) bond motifs is 1. The van der Waals surface area contributed by atoms with Crippen molar-refractivity contribution >= 4 is 57.5 Å². The number of nitrogens with zero attached hydrogens (tertiary/aromatic N) is 3. The average Bonchev–Trinajstić information content (AvgIpc) is 2.76. The quantitative estimate of drug-likeness (QED) is 0.247. The lowest BCUT2D eigenvalue weighted by Gasteiger charge is -2.13. The lowest BCUT2D eigenvalue weighted by molar-refractivity contribution is -0.113. The highest BCUT2D eigenvalue weighted by atomic mass is 35.5. The maximum Gasteiger partial charge on any atom is 0.262 e. The summed E-state index contributed by atoms with van der Waals surface area (Å²) in [7, 11) is 0. The first-order chi connectivity index (χ1) is 15.0. The van der Waals surface area contributed by atoms with E-state index >= 15 is 0 Å². The van der Waals surface area contributed by atoms with Crippen LogP contribution < -0.4 is 10.9 Å². The van der Waals surface area contributed by atoms with Crippen LogP contribution in [0.15, 0.2) is 76.8 Å². The third-order valence-corrected chi connectivity index (χ3v) is 5.94. The number of aromatic nitrogens is 3. The minimum Gasteiger partial charge on any atom is -0.323 e. The van der Waals surface area contributed by atoms with Gasteiger partial charge in [0.15, 0.2) is 10.3 Å². The topological polar surface area (TPSA) is 76.9 Å². The van der Waals surface area contributed by atoms with Gasteiger partial charge >= 0.3 is 0 Å². The molecule has 0 aliphatic rings. The fourth-order valence-corrected chi connectivity index (χ4v) is 4.12. The Bertz CT molecular complexity index is 1310. The highest BCUT2D eigenvalue weighted by Gasteiger charge is 2.15. The molecule has 0 aliphatic heterocycles. The van der Waals surface area contributed by atoms with Gasteiger partial charge in [0.2, 0.25) is 5.91 Å². The number of amides is 1. The zero-order valence-corrected chi connectivity index (χ0v) is 18.4. The van der Waals surface area contributed by atoms with Crippen LogP contribution >= 0.6 is 35.0 Å². The summed E-state index contributed by atoms with van der Waals surface area (Å²) in [6, 6.07) is 17.9. The molecule has 0 saturated carbocycles. The SMILES string of the molecule is O=C(CSc1nc2cc(Cl)ccc2c(=O)n1Cc1ccccc1)Nc1cccnc1Cl. The number of hydrogen-bond acceptors (Lipinski definition) is 5. The van der Waals surface area contributed by atoms with E-state index in [-0.39, 0.29) is 22.4 Å². The van der Waals surface area contributed by atoms with Crippen LogP contribution in [0.25, 0.3) is 10.9 Å². The highest BCUT2D eigenvalue weighted by molar-refractivity contribution is 7.99. The number of pyridine rings is 1. The van der Waals surface area contributed by atoms with Crippen molar-refractivity contribution in [2.24, 2.45) is 0 Å². The van der Waals surface area contributed by atoms with Gasteiger partial charge in [0.1, 0.15) is 0 Å². The number of carbonyl (C=O) groups is 1. The van der Waals surface area contributed by atoms with E-state index in [2.05, 4.69) is 15.3 Å².